The van der Waals surface area contributed by atoms with Gasteiger partial charge in [-0.1, -0.05) is 0 Å². The third-order valence-electron chi connectivity index (χ3n) is 2.80. The highest BCUT2D eigenvalue weighted by molar-refractivity contribution is 7.89. The van der Waals surface area contributed by atoms with Gasteiger partial charge in [-0.3, -0.25) is 4.98 Å². The number of rotatable bonds is 5. The predicted molar refractivity (Wildman–Crippen MR) is 75.0 cm³/mol. The number of hydrogen-bond donors (Lipinski definition) is 3. The van der Waals surface area contributed by atoms with Crippen molar-refractivity contribution in [3.8, 4) is 0 Å². The zero-order valence-electron chi connectivity index (χ0n) is 10.9. The second-order valence-corrected chi connectivity index (χ2v) is 5.86. The summed E-state index contributed by atoms with van der Waals surface area (Å²) in [5.41, 5.74) is 4.04. The van der Waals surface area contributed by atoms with Gasteiger partial charge in [0.2, 0.25) is 10.0 Å². The number of nitrogens with two attached hydrogens (primary N) is 1. The van der Waals surface area contributed by atoms with Crippen molar-refractivity contribution in [3.05, 3.63) is 47.9 Å². The zero-order valence-corrected chi connectivity index (χ0v) is 11.7. The van der Waals surface area contributed by atoms with Crippen molar-refractivity contribution >= 4 is 15.8 Å². The van der Waals surface area contributed by atoms with E-state index in [4.69, 9.17) is 5.84 Å². The van der Waals surface area contributed by atoms with Crippen molar-refractivity contribution in [2.45, 2.75) is 18.4 Å². The first-order chi connectivity index (χ1) is 9.54. The molecule has 0 radical (unpaired) electrons. The molecular weight excluding hydrogens is 278 g/mol. The number of nitrogen functional groups attached to an aromatic ring is 1. The fourth-order valence-electron chi connectivity index (χ4n) is 1.65. The molecule has 0 aliphatic heterocycles. The van der Waals surface area contributed by atoms with E-state index >= 15 is 0 Å². The molecule has 0 aromatic carbocycles. The molecule has 2 aromatic rings. The fourth-order valence-corrected chi connectivity index (χ4v) is 2.77. The number of aryl methyl sites for hydroxylation is 1. The van der Waals surface area contributed by atoms with Gasteiger partial charge in [-0.25, -0.2) is 24.0 Å². The van der Waals surface area contributed by atoms with Crippen LogP contribution in [0.3, 0.4) is 0 Å². The van der Waals surface area contributed by atoms with Gasteiger partial charge in [-0.05, 0) is 36.2 Å². The van der Waals surface area contributed by atoms with Gasteiger partial charge in [0.15, 0.2) is 5.82 Å². The Labute approximate surface area is 117 Å². The standard InChI is InChI=1S/C12H15N5O2S/c1-9-4-6-14-7-10(9)8-16-20(18,19)11-3-2-5-15-12(11)17-13/h2-7,16H,8,13H2,1H3,(H,15,17). The SMILES string of the molecule is Cc1ccncc1CNS(=O)(=O)c1cccnc1NN. The van der Waals surface area contributed by atoms with Crippen LogP contribution < -0.4 is 16.0 Å². The number of hydrazine groups is 1. The average molecular weight is 293 g/mol. The van der Waals surface area contributed by atoms with E-state index in [1.165, 1.54) is 18.3 Å². The van der Waals surface area contributed by atoms with Crippen LogP contribution >= 0.6 is 0 Å². The Kier molecular flexibility index (Phi) is 4.28. The molecule has 0 saturated heterocycles. The molecule has 0 amide bonds. The number of pyridine rings is 2. The smallest absolute Gasteiger partial charge is 0.244 e. The summed E-state index contributed by atoms with van der Waals surface area (Å²) in [4.78, 5) is 7.85. The Morgan fingerprint density at radius 3 is 2.80 bits per heavy atom. The Bertz CT molecular complexity index is 702. The molecular formula is C12H15N5O2S. The summed E-state index contributed by atoms with van der Waals surface area (Å²) < 4.78 is 27.0. The Morgan fingerprint density at radius 2 is 2.10 bits per heavy atom. The largest absolute Gasteiger partial charge is 0.307 e. The Hall–Kier alpha value is -2.03. The highest BCUT2D eigenvalue weighted by atomic mass is 32.2. The van der Waals surface area contributed by atoms with Gasteiger partial charge in [0, 0.05) is 25.1 Å². The molecule has 0 atom stereocenters. The van der Waals surface area contributed by atoms with E-state index < -0.39 is 10.0 Å². The van der Waals surface area contributed by atoms with E-state index in [0.29, 0.717) is 0 Å². The molecule has 0 unspecified atom stereocenters. The van der Waals surface area contributed by atoms with E-state index in [-0.39, 0.29) is 17.3 Å². The van der Waals surface area contributed by atoms with Gasteiger partial charge in [0.05, 0.1) is 0 Å². The van der Waals surface area contributed by atoms with Crippen LogP contribution in [0.5, 0.6) is 0 Å². The summed E-state index contributed by atoms with van der Waals surface area (Å²) in [6.45, 7) is 2.04. The van der Waals surface area contributed by atoms with Crippen LogP contribution in [0.15, 0.2) is 41.7 Å². The van der Waals surface area contributed by atoms with Crippen LogP contribution in [-0.4, -0.2) is 18.4 Å². The number of hydrogen-bond acceptors (Lipinski definition) is 6. The highest BCUT2D eigenvalue weighted by Crippen LogP contribution is 2.17. The van der Waals surface area contributed by atoms with Crippen LogP contribution in [0.25, 0.3) is 0 Å². The molecule has 0 bridgehead atoms. The summed E-state index contributed by atoms with van der Waals surface area (Å²) in [6, 6.07) is 4.78. The second kappa shape index (κ2) is 5.95. The van der Waals surface area contributed by atoms with E-state index in [9.17, 15) is 8.42 Å². The third-order valence-corrected chi connectivity index (χ3v) is 4.23. The summed E-state index contributed by atoms with van der Waals surface area (Å²) in [5, 5.41) is 0. The lowest BCUT2D eigenvalue weighted by molar-refractivity contribution is 0.581. The van der Waals surface area contributed by atoms with Crippen LogP contribution in [0, 0.1) is 6.92 Å². The first kappa shape index (κ1) is 14.4. The average Bonchev–Trinajstić information content (AvgIpc) is 2.46. The molecule has 8 heteroatoms. The topological polar surface area (TPSA) is 110 Å². The third kappa shape index (κ3) is 3.10. The number of nitrogens with one attached hydrogen (secondary N) is 2. The minimum absolute atomic E-state index is 0.00374. The number of anilines is 1. The molecule has 0 aliphatic carbocycles. The number of sulfonamides is 1. The molecule has 0 spiro atoms. The van der Waals surface area contributed by atoms with Crippen molar-refractivity contribution in [2.75, 3.05) is 5.43 Å². The van der Waals surface area contributed by atoms with E-state index in [1.807, 2.05) is 13.0 Å². The Morgan fingerprint density at radius 1 is 1.30 bits per heavy atom. The zero-order chi connectivity index (χ0) is 14.6. The Balaban J connectivity index is 2.22. The summed E-state index contributed by atoms with van der Waals surface area (Å²) in [5.74, 6) is 5.36. The van der Waals surface area contributed by atoms with Crippen molar-refractivity contribution in [1.82, 2.24) is 14.7 Å². The van der Waals surface area contributed by atoms with E-state index in [0.717, 1.165) is 11.1 Å². The van der Waals surface area contributed by atoms with Crippen molar-refractivity contribution in [1.29, 1.82) is 0 Å². The van der Waals surface area contributed by atoms with Crippen LogP contribution in [0.2, 0.25) is 0 Å². The van der Waals surface area contributed by atoms with Crippen molar-refractivity contribution < 1.29 is 8.42 Å². The molecule has 0 saturated carbocycles. The summed E-state index contributed by atoms with van der Waals surface area (Å²) in [6.07, 6.45) is 4.74. The molecule has 2 heterocycles. The van der Waals surface area contributed by atoms with Crippen LogP contribution in [0.1, 0.15) is 11.1 Å². The molecule has 0 fully saturated rings. The lowest BCUT2D eigenvalue weighted by Crippen LogP contribution is -2.25. The molecule has 2 aromatic heterocycles. The van der Waals surface area contributed by atoms with Crippen LogP contribution in [0.4, 0.5) is 5.82 Å². The van der Waals surface area contributed by atoms with Gasteiger partial charge in [0.1, 0.15) is 4.90 Å². The molecule has 2 rings (SSSR count). The van der Waals surface area contributed by atoms with Gasteiger partial charge in [0.25, 0.3) is 0 Å². The number of nitrogens with zero attached hydrogens (tertiary/aromatic N) is 2. The van der Waals surface area contributed by atoms with Gasteiger partial charge in [-0.15, -0.1) is 0 Å². The minimum Gasteiger partial charge on any atom is -0.307 e. The van der Waals surface area contributed by atoms with Crippen LogP contribution in [-0.2, 0) is 16.6 Å². The molecule has 4 N–H and O–H groups in total. The molecule has 20 heavy (non-hydrogen) atoms. The summed E-state index contributed by atoms with van der Waals surface area (Å²) >= 11 is 0. The fraction of sp³-hybridized carbons (Fsp3) is 0.167. The predicted octanol–water partition coefficient (Wildman–Crippen LogP) is 0.549. The van der Waals surface area contributed by atoms with Crippen molar-refractivity contribution in [3.63, 3.8) is 0 Å². The summed E-state index contributed by atoms with van der Waals surface area (Å²) in [7, 11) is -3.70. The lowest BCUT2D eigenvalue weighted by Gasteiger charge is -2.10. The lowest BCUT2D eigenvalue weighted by atomic mass is 10.2. The molecule has 7 nitrogen and oxygen atoms in total. The first-order valence-corrected chi connectivity index (χ1v) is 7.33. The van der Waals surface area contributed by atoms with E-state index in [2.05, 4.69) is 20.1 Å². The van der Waals surface area contributed by atoms with Gasteiger partial charge >= 0.3 is 0 Å². The maximum Gasteiger partial charge on any atom is 0.244 e. The normalized spacial score (nSPS) is 11.3. The minimum atomic E-state index is -3.70. The molecule has 106 valence electrons. The van der Waals surface area contributed by atoms with Gasteiger partial charge in [-0.2, -0.15) is 0 Å². The molecule has 0 aliphatic rings. The maximum atomic E-state index is 12.2. The second-order valence-electron chi connectivity index (χ2n) is 4.12. The number of aromatic nitrogens is 2. The highest BCUT2D eigenvalue weighted by Gasteiger charge is 2.18. The quantitative estimate of drug-likeness (QED) is 0.548. The maximum absolute atomic E-state index is 12.2. The van der Waals surface area contributed by atoms with E-state index in [1.54, 1.807) is 12.4 Å². The first-order valence-electron chi connectivity index (χ1n) is 5.85. The van der Waals surface area contributed by atoms with Crippen molar-refractivity contribution in [2.24, 2.45) is 5.84 Å². The van der Waals surface area contributed by atoms with Gasteiger partial charge < -0.3 is 5.43 Å². The monoisotopic (exact) mass is 293 g/mol.